The smallest absolute Gasteiger partial charge is 0.339 e. The van der Waals surface area contributed by atoms with Crippen molar-refractivity contribution in [2.24, 2.45) is 0 Å². The van der Waals surface area contributed by atoms with Gasteiger partial charge in [-0.15, -0.1) is 0 Å². The van der Waals surface area contributed by atoms with Crippen LogP contribution < -0.4 is 10.1 Å². The zero-order valence-corrected chi connectivity index (χ0v) is 10.8. The number of hydrogen-bond acceptors (Lipinski definition) is 4. The largest absolute Gasteiger partial charge is 0.486 e. The van der Waals surface area contributed by atoms with E-state index in [-0.39, 0.29) is 23.8 Å². The van der Waals surface area contributed by atoms with Gasteiger partial charge in [0.1, 0.15) is 17.9 Å². The third-order valence-corrected chi connectivity index (χ3v) is 2.52. The molecule has 0 aliphatic rings. The molecule has 0 atom stereocenters. The van der Waals surface area contributed by atoms with Gasteiger partial charge in [-0.2, -0.15) is 0 Å². The molecular weight excluding hydrogens is 262 g/mol. The van der Waals surface area contributed by atoms with Crippen molar-refractivity contribution in [2.75, 3.05) is 5.32 Å². The van der Waals surface area contributed by atoms with Crippen LogP contribution in [0, 0.1) is 0 Å². The van der Waals surface area contributed by atoms with Crippen LogP contribution in [0.15, 0.2) is 41.0 Å². The van der Waals surface area contributed by atoms with Crippen molar-refractivity contribution in [2.45, 2.75) is 13.5 Å². The summed E-state index contributed by atoms with van der Waals surface area (Å²) in [5.74, 6) is -0.408. The number of aromatic carboxylic acids is 1. The number of hydrogen-bond donors (Lipinski definition) is 2. The number of amides is 1. The van der Waals surface area contributed by atoms with Crippen LogP contribution in [-0.4, -0.2) is 17.0 Å². The molecule has 104 valence electrons. The highest BCUT2D eigenvalue weighted by molar-refractivity contribution is 5.89. The lowest BCUT2D eigenvalue weighted by Gasteiger charge is -2.06. The van der Waals surface area contributed by atoms with Gasteiger partial charge in [0.2, 0.25) is 5.91 Å². The van der Waals surface area contributed by atoms with Crippen molar-refractivity contribution in [3.05, 3.63) is 47.9 Å². The molecular formula is C14H13NO5. The van der Waals surface area contributed by atoms with Crippen molar-refractivity contribution < 1.29 is 23.8 Å². The Morgan fingerprint density at radius 3 is 2.55 bits per heavy atom. The summed E-state index contributed by atoms with van der Waals surface area (Å²) in [6, 6.07) is 8.11. The van der Waals surface area contributed by atoms with Crippen LogP contribution >= 0.6 is 0 Å². The lowest BCUT2D eigenvalue weighted by atomic mass is 10.2. The minimum Gasteiger partial charge on any atom is -0.486 e. The molecule has 0 unspecified atom stereocenters. The zero-order valence-electron chi connectivity index (χ0n) is 10.8. The van der Waals surface area contributed by atoms with Crippen LogP contribution in [0.3, 0.4) is 0 Å². The monoisotopic (exact) mass is 275 g/mol. The van der Waals surface area contributed by atoms with E-state index in [4.69, 9.17) is 14.3 Å². The summed E-state index contributed by atoms with van der Waals surface area (Å²) in [6.45, 7) is 1.45. The van der Waals surface area contributed by atoms with Crippen molar-refractivity contribution in [1.82, 2.24) is 0 Å². The molecule has 1 aromatic heterocycles. The summed E-state index contributed by atoms with van der Waals surface area (Å²) in [7, 11) is 0. The first-order valence-corrected chi connectivity index (χ1v) is 5.86. The third kappa shape index (κ3) is 3.38. The summed E-state index contributed by atoms with van der Waals surface area (Å²) < 4.78 is 10.5. The van der Waals surface area contributed by atoms with Crippen molar-refractivity contribution >= 4 is 17.6 Å². The molecule has 0 saturated heterocycles. The summed E-state index contributed by atoms with van der Waals surface area (Å²) in [4.78, 5) is 21.8. The van der Waals surface area contributed by atoms with Crippen LogP contribution in [0.4, 0.5) is 5.69 Å². The highest BCUT2D eigenvalue weighted by Crippen LogP contribution is 2.18. The predicted molar refractivity (Wildman–Crippen MR) is 70.7 cm³/mol. The number of nitrogens with one attached hydrogen (secondary N) is 1. The van der Waals surface area contributed by atoms with Gasteiger partial charge in [-0.25, -0.2) is 4.79 Å². The van der Waals surface area contributed by atoms with Crippen LogP contribution in [-0.2, 0) is 11.4 Å². The number of carboxylic acid groups (broad SMARTS) is 1. The molecule has 2 rings (SSSR count). The second kappa shape index (κ2) is 5.92. The molecule has 0 fully saturated rings. The summed E-state index contributed by atoms with van der Waals surface area (Å²) in [6.07, 6.45) is 1.31. The molecule has 0 bridgehead atoms. The van der Waals surface area contributed by atoms with E-state index in [1.165, 1.54) is 19.3 Å². The Morgan fingerprint density at radius 2 is 1.95 bits per heavy atom. The number of carboxylic acids is 1. The second-order valence-corrected chi connectivity index (χ2v) is 4.06. The molecule has 6 heteroatoms. The third-order valence-electron chi connectivity index (χ3n) is 2.52. The summed E-state index contributed by atoms with van der Waals surface area (Å²) in [5.41, 5.74) is 0.744. The molecule has 0 radical (unpaired) electrons. The van der Waals surface area contributed by atoms with E-state index in [9.17, 15) is 9.59 Å². The molecule has 2 N–H and O–H groups in total. The fourth-order valence-corrected chi connectivity index (χ4v) is 1.63. The highest BCUT2D eigenvalue weighted by atomic mass is 16.5. The molecule has 1 heterocycles. The van der Waals surface area contributed by atoms with E-state index in [0.29, 0.717) is 11.4 Å². The molecule has 0 spiro atoms. The standard InChI is InChI=1S/C14H13NO5/c1-9(16)15-10-2-4-11(5-3-10)20-8-13-12(14(17)18)6-7-19-13/h2-7H,8H2,1H3,(H,15,16)(H,17,18). The van der Waals surface area contributed by atoms with Crippen molar-refractivity contribution in [3.63, 3.8) is 0 Å². The van der Waals surface area contributed by atoms with E-state index in [1.54, 1.807) is 24.3 Å². The number of carbonyl (C=O) groups excluding carboxylic acids is 1. The van der Waals surface area contributed by atoms with Gasteiger partial charge < -0.3 is 19.6 Å². The van der Waals surface area contributed by atoms with E-state index in [0.717, 1.165) is 0 Å². The Balaban J connectivity index is 1.98. The van der Waals surface area contributed by atoms with E-state index >= 15 is 0 Å². The number of carbonyl (C=O) groups is 2. The molecule has 1 amide bonds. The molecule has 6 nitrogen and oxygen atoms in total. The molecule has 0 aliphatic carbocycles. The molecule has 0 saturated carbocycles. The van der Waals surface area contributed by atoms with Crippen LogP contribution in [0.25, 0.3) is 0 Å². The Hall–Kier alpha value is -2.76. The minimum absolute atomic E-state index is 0.0219. The minimum atomic E-state index is -1.06. The normalized spacial score (nSPS) is 10.1. The number of rotatable bonds is 5. The second-order valence-electron chi connectivity index (χ2n) is 4.06. The SMILES string of the molecule is CC(=O)Nc1ccc(OCc2occc2C(=O)O)cc1. The quantitative estimate of drug-likeness (QED) is 0.875. The van der Waals surface area contributed by atoms with Crippen LogP contribution in [0.1, 0.15) is 23.0 Å². The number of ether oxygens (including phenoxy) is 1. The van der Waals surface area contributed by atoms with E-state index in [1.807, 2.05) is 0 Å². The first kappa shape index (κ1) is 13.7. The molecule has 0 aliphatic heterocycles. The average Bonchev–Trinajstić information content (AvgIpc) is 2.86. The van der Waals surface area contributed by atoms with Crippen molar-refractivity contribution in [1.29, 1.82) is 0 Å². The topological polar surface area (TPSA) is 88.8 Å². The van der Waals surface area contributed by atoms with Crippen LogP contribution in [0.2, 0.25) is 0 Å². The lowest BCUT2D eigenvalue weighted by molar-refractivity contribution is -0.114. The number of benzene rings is 1. The fraction of sp³-hybridized carbons (Fsp3) is 0.143. The van der Waals surface area contributed by atoms with E-state index in [2.05, 4.69) is 5.32 Å². The van der Waals surface area contributed by atoms with Crippen molar-refractivity contribution in [3.8, 4) is 5.75 Å². The number of furan rings is 1. The maximum atomic E-state index is 10.9. The Morgan fingerprint density at radius 1 is 1.25 bits per heavy atom. The lowest BCUT2D eigenvalue weighted by Crippen LogP contribution is -2.05. The van der Waals surface area contributed by atoms with Gasteiger partial charge >= 0.3 is 5.97 Å². The molecule has 20 heavy (non-hydrogen) atoms. The van der Waals surface area contributed by atoms with Gasteiger partial charge in [0, 0.05) is 12.6 Å². The Labute approximate surface area is 115 Å². The molecule has 1 aromatic carbocycles. The number of anilines is 1. The predicted octanol–water partition coefficient (Wildman–Crippen LogP) is 2.52. The average molecular weight is 275 g/mol. The van der Waals surface area contributed by atoms with Gasteiger partial charge in [0.25, 0.3) is 0 Å². The van der Waals surface area contributed by atoms with Gasteiger partial charge in [-0.05, 0) is 30.3 Å². The first-order chi connectivity index (χ1) is 9.56. The Bertz CT molecular complexity index is 615. The van der Waals surface area contributed by atoms with Crippen LogP contribution in [0.5, 0.6) is 5.75 Å². The highest BCUT2D eigenvalue weighted by Gasteiger charge is 2.13. The van der Waals surface area contributed by atoms with Gasteiger partial charge in [-0.1, -0.05) is 0 Å². The fourth-order valence-electron chi connectivity index (χ4n) is 1.63. The summed E-state index contributed by atoms with van der Waals surface area (Å²) in [5, 5.41) is 11.6. The Kier molecular flexibility index (Phi) is 4.05. The van der Waals surface area contributed by atoms with E-state index < -0.39 is 5.97 Å². The summed E-state index contributed by atoms with van der Waals surface area (Å²) >= 11 is 0. The maximum absolute atomic E-state index is 10.9. The molecule has 2 aromatic rings. The maximum Gasteiger partial charge on any atom is 0.339 e. The first-order valence-electron chi connectivity index (χ1n) is 5.86. The van der Waals surface area contributed by atoms with Gasteiger partial charge in [0.15, 0.2) is 5.76 Å². The van der Waals surface area contributed by atoms with Gasteiger partial charge in [-0.3, -0.25) is 4.79 Å². The zero-order chi connectivity index (χ0) is 14.5. The van der Waals surface area contributed by atoms with Gasteiger partial charge in [0.05, 0.1) is 6.26 Å².